The van der Waals surface area contributed by atoms with Crippen LogP contribution in [0.15, 0.2) is 0 Å². The zero-order valence-electron chi connectivity index (χ0n) is 8.56. The van der Waals surface area contributed by atoms with Gasteiger partial charge in [-0.15, -0.1) is 0 Å². The van der Waals surface area contributed by atoms with Gasteiger partial charge in [-0.1, -0.05) is 13.3 Å². The van der Waals surface area contributed by atoms with E-state index in [0.717, 1.165) is 0 Å². The highest BCUT2D eigenvalue weighted by atomic mass is 16.3. The van der Waals surface area contributed by atoms with E-state index in [0.29, 0.717) is 12.8 Å². The van der Waals surface area contributed by atoms with E-state index in [2.05, 4.69) is 5.32 Å². The molecular formula is C9H15N3O3. The van der Waals surface area contributed by atoms with Crippen LogP contribution in [0.25, 0.3) is 0 Å². The predicted octanol–water partition coefficient (Wildman–Crippen LogP) is -1.11. The van der Waals surface area contributed by atoms with Crippen LogP contribution in [-0.2, 0) is 9.59 Å². The number of hydrogen-bond acceptors (Lipinski definition) is 4. The lowest BCUT2D eigenvalue weighted by molar-refractivity contribution is -0.127. The van der Waals surface area contributed by atoms with Gasteiger partial charge in [-0.25, -0.2) is 0 Å². The number of nitrogens with one attached hydrogen (secondary N) is 1. The third-order valence-electron chi connectivity index (χ3n) is 1.85. The highest BCUT2D eigenvalue weighted by Crippen LogP contribution is 2.04. The summed E-state index contributed by atoms with van der Waals surface area (Å²) >= 11 is 0. The van der Waals surface area contributed by atoms with Crippen LogP contribution in [-0.4, -0.2) is 29.6 Å². The molecule has 0 aliphatic rings. The quantitative estimate of drug-likeness (QED) is 0.518. The minimum absolute atomic E-state index is 0.254. The van der Waals surface area contributed by atoms with E-state index in [-0.39, 0.29) is 6.54 Å². The zero-order chi connectivity index (χ0) is 11.8. The second kappa shape index (κ2) is 6.79. The molecular weight excluding hydrogens is 198 g/mol. The number of aliphatic hydroxyl groups excluding tert-OH is 1. The smallest absolute Gasteiger partial charge is 0.248 e. The van der Waals surface area contributed by atoms with Crippen LogP contribution in [0.1, 0.15) is 19.8 Å². The zero-order valence-corrected chi connectivity index (χ0v) is 8.56. The maximum absolute atomic E-state index is 11.3. The molecule has 2 amide bonds. The van der Waals surface area contributed by atoms with Crippen LogP contribution in [0.3, 0.4) is 0 Å². The number of carbonyl (C=O) groups excluding carboxylic acids is 2. The molecule has 0 aromatic heterocycles. The molecule has 6 nitrogen and oxygen atoms in total. The number of nitrogens with two attached hydrogens (primary N) is 1. The second-order valence-electron chi connectivity index (χ2n) is 3.13. The third-order valence-corrected chi connectivity index (χ3v) is 1.85. The second-order valence-corrected chi connectivity index (χ2v) is 3.13. The number of nitriles is 1. The molecule has 0 heterocycles. The molecule has 0 aliphatic heterocycles. The van der Waals surface area contributed by atoms with Gasteiger partial charge in [-0.05, 0) is 6.42 Å². The van der Waals surface area contributed by atoms with E-state index in [4.69, 9.17) is 16.1 Å². The van der Waals surface area contributed by atoms with E-state index in [1.165, 1.54) is 0 Å². The molecule has 0 radical (unpaired) electrons. The summed E-state index contributed by atoms with van der Waals surface area (Å²) < 4.78 is 0. The summed E-state index contributed by atoms with van der Waals surface area (Å²) in [5.41, 5.74) is 4.78. The van der Waals surface area contributed by atoms with Gasteiger partial charge >= 0.3 is 0 Å². The lowest BCUT2D eigenvalue weighted by Crippen LogP contribution is -2.41. The van der Waals surface area contributed by atoms with Crippen LogP contribution in [0.5, 0.6) is 0 Å². The van der Waals surface area contributed by atoms with Crippen molar-refractivity contribution in [3.63, 3.8) is 0 Å². The first-order valence-electron chi connectivity index (χ1n) is 4.67. The van der Waals surface area contributed by atoms with Crippen molar-refractivity contribution >= 4 is 11.8 Å². The minimum Gasteiger partial charge on any atom is -0.381 e. The van der Waals surface area contributed by atoms with Gasteiger partial charge in [-0.3, -0.25) is 9.59 Å². The summed E-state index contributed by atoms with van der Waals surface area (Å²) in [5, 5.41) is 19.9. The maximum Gasteiger partial charge on any atom is 0.248 e. The van der Waals surface area contributed by atoms with Gasteiger partial charge in [0.25, 0.3) is 0 Å². The van der Waals surface area contributed by atoms with Crippen molar-refractivity contribution in [1.82, 2.24) is 5.32 Å². The van der Waals surface area contributed by atoms with Crippen molar-refractivity contribution in [3.05, 3.63) is 0 Å². The molecule has 6 heteroatoms. The lowest BCUT2D eigenvalue weighted by Gasteiger charge is -2.11. The Balaban J connectivity index is 4.02. The Hall–Kier alpha value is -1.61. The van der Waals surface area contributed by atoms with Crippen LogP contribution < -0.4 is 11.1 Å². The van der Waals surface area contributed by atoms with Crippen molar-refractivity contribution < 1.29 is 14.7 Å². The standard InChI is InChI=1S/C9H15N3O3/c1-2-3-6(4-10)9(15)12-5-7(13)8(11)14/h6-7,13H,2-3,5H2,1H3,(H2,11,14)(H,12,15). The first kappa shape index (κ1) is 13.4. The van der Waals surface area contributed by atoms with E-state index < -0.39 is 23.8 Å². The van der Waals surface area contributed by atoms with Gasteiger partial charge in [-0.2, -0.15) is 5.26 Å². The highest BCUT2D eigenvalue weighted by molar-refractivity contribution is 5.83. The van der Waals surface area contributed by atoms with Gasteiger partial charge in [0.15, 0.2) is 0 Å². The summed E-state index contributed by atoms with van der Waals surface area (Å²) in [6, 6.07) is 1.85. The number of primary amides is 1. The lowest BCUT2D eigenvalue weighted by atomic mass is 10.0. The molecule has 0 saturated carbocycles. The molecule has 0 aromatic rings. The SMILES string of the molecule is CCCC(C#N)C(=O)NCC(O)C(N)=O. The predicted molar refractivity (Wildman–Crippen MR) is 52.2 cm³/mol. The first-order chi connectivity index (χ1) is 7.02. The maximum atomic E-state index is 11.3. The number of hydrogen-bond donors (Lipinski definition) is 3. The van der Waals surface area contributed by atoms with E-state index in [1.807, 2.05) is 13.0 Å². The van der Waals surface area contributed by atoms with Crippen molar-refractivity contribution in [2.24, 2.45) is 11.7 Å². The van der Waals surface area contributed by atoms with E-state index >= 15 is 0 Å². The summed E-state index contributed by atoms with van der Waals surface area (Å²) in [5.74, 6) is -2.13. The van der Waals surface area contributed by atoms with Crippen molar-refractivity contribution in [2.75, 3.05) is 6.54 Å². The minimum atomic E-state index is -1.41. The fraction of sp³-hybridized carbons (Fsp3) is 0.667. The summed E-state index contributed by atoms with van der Waals surface area (Å²) in [6.45, 7) is 1.60. The monoisotopic (exact) mass is 213 g/mol. The molecule has 4 N–H and O–H groups in total. The van der Waals surface area contributed by atoms with Gasteiger partial charge < -0.3 is 16.2 Å². The molecule has 0 bridgehead atoms. The molecule has 84 valence electrons. The Bertz CT molecular complexity index is 272. The van der Waals surface area contributed by atoms with E-state index in [1.54, 1.807) is 0 Å². The third kappa shape index (κ3) is 4.98. The normalized spacial score (nSPS) is 13.7. The molecule has 0 spiro atoms. The Morgan fingerprint density at radius 2 is 2.20 bits per heavy atom. The Labute approximate surface area is 88.1 Å². The fourth-order valence-corrected chi connectivity index (χ4v) is 0.964. The topological polar surface area (TPSA) is 116 Å². The highest BCUT2D eigenvalue weighted by Gasteiger charge is 2.18. The van der Waals surface area contributed by atoms with Crippen LogP contribution in [0.4, 0.5) is 0 Å². The van der Waals surface area contributed by atoms with Crippen LogP contribution >= 0.6 is 0 Å². The average molecular weight is 213 g/mol. The van der Waals surface area contributed by atoms with Gasteiger partial charge in [0, 0.05) is 0 Å². The van der Waals surface area contributed by atoms with Crippen molar-refractivity contribution in [1.29, 1.82) is 5.26 Å². The molecule has 0 aliphatic carbocycles. The number of nitrogens with zero attached hydrogens (tertiary/aromatic N) is 1. The molecule has 0 saturated heterocycles. The summed E-state index contributed by atoms with van der Waals surface area (Å²) in [7, 11) is 0. The molecule has 2 unspecified atom stereocenters. The number of amides is 2. The van der Waals surface area contributed by atoms with Crippen molar-refractivity contribution in [2.45, 2.75) is 25.9 Å². The van der Waals surface area contributed by atoms with Gasteiger partial charge in [0.05, 0.1) is 12.6 Å². The molecule has 2 atom stereocenters. The fourth-order valence-electron chi connectivity index (χ4n) is 0.964. The first-order valence-corrected chi connectivity index (χ1v) is 4.67. The summed E-state index contributed by atoms with van der Waals surface area (Å²) in [6.07, 6.45) is -0.242. The van der Waals surface area contributed by atoms with Crippen molar-refractivity contribution in [3.8, 4) is 6.07 Å². The van der Waals surface area contributed by atoms with Crippen LogP contribution in [0, 0.1) is 17.2 Å². The molecule has 0 fully saturated rings. The van der Waals surface area contributed by atoms with Gasteiger partial charge in [0.2, 0.25) is 11.8 Å². The van der Waals surface area contributed by atoms with E-state index in [9.17, 15) is 9.59 Å². The summed E-state index contributed by atoms with van der Waals surface area (Å²) in [4.78, 5) is 21.7. The number of carbonyl (C=O) groups is 2. The Morgan fingerprint density at radius 1 is 1.60 bits per heavy atom. The average Bonchev–Trinajstić information content (AvgIpc) is 2.21. The number of rotatable bonds is 6. The number of aliphatic hydroxyl groups is 1. The molecule has 15 heavy (non-hydrogen) atoms. The largest absolute Gasteiger partial charge is 0.381 e. The Kier molecular flexibility index (Phi) is 6.06. The molecule has 0 aromatic carbocycles. The van der Waals surface area contributed by atoms with Crippen LogP contribution in [0.2, 0.25) is 0 Å². The Morgan fingerprint density at radius 3 is 2.60 bits per heavy atom. The molecule has 0 rings (SSSR count). The van der Waals surface area contributed by atoms with Gasteiger partial charge in [0.1, 0.15) is 12.0 Å².